The van der Waals surface area contributed by atoms with Gasteiger partial charge in [-0.05, 0) is 24.6 Å². The number of hydrogen-bond acceptors (Lipinski definition) is 6. The molecule has 0 bridgehead atoms. The van der Waals surface area contributed by atoms with Crippen molar-refractivity contribution < 1.29 is 9.53 Å². The van der Waals surface area contributed by atoms with E-state index in [2.05, 4.69) is 15.0 Å². The van der Waals surface area contributed by atoms with Crippen molar-refractivity contribution in [1.82, 2.24) is 15.0 Å². The highest BCUT2D eigenvalue weighted by molar-refractivity contribution is 7.20. The van der Waals surface area contributed by atoms with Crippen molar-refractivity contribution in [3.05, 3.63) is 45.3 Å². The van der Waals surface area contributed by atoms with Gasteiger partial charge in [0.05, 0.1) is 12.5 Å². The molecule has 3 heterocycles. The monoisotopic (exact) mass is 301 g/mol. The summed E-state index contributed by atoms with van der Waals surface area (Å²) in [6.07, 6.45) is 3.26. The number of carbonyl (C=O) groups is 1. The number of H-pyrrole nitrogens is 1. The zero-order chi connectivity index (χ0) is 15.0. The second kappa shape index (κ2) is 5.10. The number of carbonyl (C=O) groups excluding carboxylic acids is 1. The van der Waals surface area contributed by atoms with Crippen LogP contribution in [0.15, 0.2) is 29.3 Å². The normalized spacial score (nSPS) is 10.8. The van der Waals surface area contributed by atoms with E-state index in [1.807, 2.05) is 0 Å². The van der Waals surface area contributed by atoms with E-state index in [0.29, 0.717) is 32.0 Å². The summed E-state index contributed by atoms with van der Waals surface area (Å²) in [7, 11) is 1.31. The number of esters is 1. The van der Waals surface area contributed by atoms with Gasteiger partial charge >= 0.3 is 5.97 Å². The first-order valence-electron chi connectivity index (χ1n) is 6.14. The summed E-state index contributed by atoms with van der Waals surface area (Å²) in [6, 6.07) is 3.57. The molecule has 21 heavy (non-hydrogen) atoms. The molecule has 3 aromatic heterocycles. The standard InChI is InChI=1S/C14H11N3O3S/c1-7-9-12(18)16-11(8-4-3-5-15-6-8)17-13(9)21-10(7)14(19)20-2/h3-6H,1-2H3,(H,16,17,18). The lowest BCUT2D eigenvalue weighted by Crippen LogP contribution is -2.09. The number of aromatic nitrogens is 3. The van der Waals surface area contributed by atoms with E-state index in [-0.39, 0.29) is 5.56 Å². The van der Waals surface area contributed by atoms with E-state index in [0.717, 1.165) is 11.3 Å². The molecule has 0 aliphatic rings. The van der Waals surface area contributed by atoms with Gasteiger partial charge in [-0.25, -0.2) is 9.78 Å². The van der Waals surface area contributed by atoms with Gasteiger partial charge in [0.25, 0.3) is 5.56 Å². The van der Waals surface area contributed by atoms with Crippen molar-refractivity contribution in [2.24, 2.45) is 0 Å². The van der Waals surface area contributed by atoms with Crippen LogP contribution in [0.25, 0.3) is 21.6 Å². The van der Waals surface area contributed by atoms with Crippen molar-refractivity contribution in [3.8, 4) is 11.4 Å². The topological polar surface area (TPSA) is 84.9 Å². The van der Waals surface area contributed by atoms with Crippen LogP contribution in [0.3, 0.4) is 0 Å². The number of pyridine rings is 1. The van der Waals surface area contributed by atoms with Crippen LogP contribution >= 0.6 is 11.3 Å². The van der Waals surface area contributed by atoms with Crippen LogP contribution in [0.1, 0.15) is 15.2 Å². The number of aryl methyl sites for hydroxylation is 1. The second-order valence-electron chi connectivity index (χ2n) is 4.38. The Balaban J connectivity index is 2.26. The lowest BCUT2D eigenvalue weighted by molar-refractivity contribution is 0.0605. The molecule has 0 fully saturated rings. The molecule has 0 unspecified atom stereocenters. The summed E-state index contributed by atoms with van der Waals surface area (Å²) in [4.78, 5) is 36.0. The number of nitrogens with one attached hydrogen (secondary N) is 1. The highest BCUT2D eigenvalue weighted by Gasteiger charge is 2.19. The minimum Gasteiger partial charge on any atom is -0.465 e. The summed E-state index contributed by atoms with van der Waals surface area (Å²) < 4.78 is 4.72. The van der Waals surface area contributed by atoms with E-state index in [1.54, 1.807) is 31.5 Å². The molecule has 6 nitrogen and oxygen atoms in total. The fourth-order valence-electron chi connectivity index (χ4n) is 2.07. The molecular formula is C14H11N3O3S. The zero-order valence-corrected chi connectivity index (χ0v) is 12.2. The maximum absolute atomic E-state index is 12.3. The van der Waals surface area contributed by atoms with Crippen molar-refractivity contribution in [1.29, 1.82) is 0 Å². The number of ether oxygens (including phenoxy) is 1. The third-order valence-electron chi connectivity index (χ3n) is 3.11. The predicted molar refractivity (Wildman–Crippen MR) is 79.5 cm³/mol. The number of methoxy groups -OCH3 is 1. The molecule has 3 rings (SSSR count). The van der Waals surface area contributed by atoms with Gasteiger partial charge in [0.15, 0.2) is 0 Å². The maximum Gasteiger partial charge on any atom is 0.348 e. The molecular weight excluding hydrogens is 290 g/mol. The summed E-state index contributed by atoms with van der Waals surface area (Å²) in [6.45, 7) is 1.71. The average Bonchev–Trinajstić information content (AvgIpc) is 2.85. The Morgan fingerprint density at radius 2 is 2.24 bits per heavy atom. The van der Waals surface area contributed by atoms with Crippen LogP contribution in [0.2, 0.25) is 0 Å². The van der Waals surface area contributed by atoms with E-state index < -0.39 is 5.97 Å². The fourth-order valence-corrected chi connectivity index (χ4v) is 3.17. The molecule has 0 amide bonds. The number of fused-ring (bicyclic) bond motifs is 1. The van der Waals surface area contributed by atoms with E-state index in [4.69, 9.17) is 4.74 Å². The molecule has 0 saturated heterocycles. The van der Waals surface area contributed by atoms with Gasteiger partial charge in [-0.3, -0.25) is 9.78 Å². The second-order valence-corrected chi connectivity index (χ2v) is 5.38. The smallest absolute Gasteiger partial charge is 0.348 e. The molecule has 7 heteroatoms. The third kappa shape index (κ3) is 2.21. The summed E-state index contributed by atoms with van der Waals surface area (Å²) in [5.41, 5.74) is 1.03. The largest absolute Gasteiger partial charge is 0.465 e. The molecule has 0 radical (unpaired) electrons. The van der Waals surface area contributed by atoms with Gasteiger partial charge in [0.2, 0.25) is 0 Å². The first-order valence-corrected chi connectivity index (χ1v) is 6.95. The van der Waals surface area contributed by atoms with Crippen LogP contribution in [0.4, 0.5) is 0 Å². The van der Waals surface area contributed by atoms with Crippen molar-refractivity contribution >= 4 is 27.5 Å². The molecule has 0 aliphatic carbocycles. The van der Waals surface area contributed by atoms with Gasteiger partial charge in [0.1, 0.15) is 15.5 Å². The molecule has 0 aromatic carbocycles. The molecule has 0 atom stereocenters. The first-order chi connectivity index (χ1) is 10.1. The molecule has 0 saturated carbocycles. The molecule has 106 valence electrons. The summed E-state index contributed by atoms with van der Waals surface area (Å²) in [5.74, 6) is -0.0314. The lowest BCUT2D eigenvalue weighted by atomic mass is 10.2. The number of thiophene rings is 1. The van der Waals surface area contributed by atoms with E-state index in [9.17, 15) is 9.59 Å². The van der Waals surface area contributed by atoms with Crippen LogP contribution in [-0.4, -0.2) is 28.0 Å². The average molecular weight is 301 g/mol. The molecule has 0 aliphatic heterocycles. The highest BCUT2D eigenvalue weighted by Crippen LogP contribution is 2.28. The van der Waals surface area contributed by atoms with Gasteiger partial charge in [-0.2, -0.15) is 0 Å². The first kappa shape index (κ1) is 13.4. The fraction of sp³-hybridized carbons (Fsp3) is 0.143. The SMILES string of the molecule is COC(=O)c1sc2nc(-c3cccnc3)[nH]c(=O)c2c1C. The van der Waals surface area contributed by atoms with Crippen molar-refractivity contribution in [3.63, 3.8) is 0 Å². The van der Waals surface area contributed by atoms with Gasteiger partial charge in [-0.15, -0.1) is 11.3 Å². The van der Waals surface area contributed by atoms with Crippen molar-refractivity contribution in [2.75, 3.05) is 7.11 Å². The number of rotatable bonds is 2. The third-order valence-corrected chi connectivity index (χ3v) is 4.27. The molecule has 0 spiro atoms. The maximum atomic E-state index is 12.3. The number of nitrogens with zero attached hydrogens (tertiary/aromatic N) is 2. The lowest BCUT2D eigenvalue weighted by Gasteiger charge is -1.99. The van der Waals surface area contributed by atoms with Crippen LogP contribution < -0.4 is 5.56 Å². The molecule has 3 aromatic rings. The number of aromatic amines is 1. The Hall–Kier alpha value is -2.54. The van der Waals surface area contributed by atoms with Crippen molar-refractivity contribution in [2.45, 2.75) is 6.92 Å². The van der Waals surface area contributed by atoms with Gasteiger partial charge in [0, 0.05) is 18.0 Å². The molecule has 1 N–H and O–H groups in total. The van der Waals surface area contributed by atoms with Crippen LogP contribution in [0, 0.1) is 6.92 Å². The van der Waals surface area contributed by atoms with E-state index in [1.165, 1.54) is 7.11 Å². The van der Waals surface area contributed by atoms with Gasteiger partial charge < -0.3 is 9.72 Å². The Morgan fingerprint density at radius 3 is 2.90 bits per heavy atom. The minimum absolute atomic E-state index is 0.275. The Bertz CT molecular complexity index is 884. The quantitative estimate of drug-likeness (QED) is 0.733. The summed E-state index contributed by atoms with van der Waals surface area (Å²) >= 11 is 1.15. The van der Waals surface area contributed by atoms with Crippen LogP contribution in [0.5, 0.6) is 0 Å². The van der Waals surface area contributed by atoms with E-state index >= 15 is 0 Å². The van der Waals surface area contributed by atoms with Crippen LogP contribution in [-0.2, 0) is 4.74 Å². The zero-order valence-electron chi connectivity index (χ0n) is 11.3. The summed E-state index contributed by atoms with van der Waals surface area (Å²) in [5, 5.41) is 0.424. The Morgan fingerprint density at radius 1 is 1.43 bits per heavy atom. The minimum atomic E-state index is -0.460. The predicted octanol–water partition coefficient (Wildman–Crippen LogP) is 2.14. The Kier molecular flexibility index (Phi) is 3.26. The highest BCUT2D eigenvalue weighted by atomic mass is 32.1. The number of hydrogen-bond donors (Lipinski definition) is 1. The van der Waals surface area contributed by atoms with Gasteiger partial charge in [-0.1, -0.05) is 0 Å². The Labute approximate surface area is 123 Å².